The summed E-state index contributed by atoms with van der Waals surface area (Å²) < 4.78 is 115. The highest BCUT2D eigenvalue weighted by atomic mass is 19.4. The first-order valence-corrected chi connectivity index (χ1v) is 7.75. The number of nitrogens with zero attached hydrogens (tertiary/aromatic N) is 2. The van der Waals surface area contributed by atoms with E-state index in [0.29, 0.717) is 24.3 Å². The lowest BCUT2D eigenvalue weighted by Crippen LogP contribution is -2.52. The van der Waals surface area contributed by atoms with Gasteiger partial charge in [-0.1, -0.05) is 24.3 Å². The SMILES string of the molecule is O=[N+]([O-])c1ccccc1C(F)(OC(F)(c1ccccc1[N+](=O)[O-])C(F)(F)F)C(F)(F)F. The van der Waals surface area contributed by atoms with Crippen molar-refractivity contribution in [3.8, 4) is 0 Å². The predicted molar refractivity (Wildman–Crippen MR) is 85.0 cm³/mol. The van der Waals surface area contributed by atoms with Gasteiger partial charge in [-0.05, 0) is 12.1 Å². The smallest absolute Gasteiger partial charge is 0.286 e. The van der Waals surface area contributed by atoms with Gasteiger partial charge in [0, 0.05) is 12.1 Å². The molecule has 0 fully saturated rings. The Labute approximate surface area is 166 Å². The second-order valence-corrected chi connectivity index (χ2v) is 5.84. The third-order valence-corrected chi connectivity index (χ3v) is 3.90. The van der Waals surface area contributed by atoms with Crippen molar-refractivity contribution in [3.05, 3.63) is 79.9 Å². The van der Waals surface area contributed by atoms with Crippen LogP contribution in [0.25, 0.3) is 0 Å². The van der Waals surface area contributed by atoms with Gasteiger partial charge in [-0.25, -0.2) is 0 Å². The number of para-hydroxylation sites is 2. The summed E-state index contributed by atoms with van der Waals surface area (Å²) in [5, 5.41) is 22.0. The van der Waals surface area contributed by atoms with E-state index >= 15 is 8.78 Å². The highest BCUT2D eigenvalue weighted by Crippen LogP contribution is 2.56. The molecule has 0 aliphatic rings. The van der Waals surface area contributed by atoms with Gasteiger partial charge >= 0.3 is 24.1 Å². The molecule has 0 aromatic heterocycles. The second-order valence-electron chi connectivity index (χ2n) is 5.84. The first-order chi connectivity index (χ1) is 14.1. The van der Waals surface area contributed by atoms with Crippen LogP contribution in [-0.2, 0) is 16.4 Å². The number of rotatable bonds is 6. The molecule has 31 heavy (non-hydrogen) atoms. The highest BCUT2D eigenvalue weighted by molar-refractivity contribution is 5.46. The second kappa shape index (κ2) is 7.72. The lowest BCUT2D eigenvalue weighted by atomic mass is 10.0. The maximum atomic E-state index is 15.1. The standard InChI is InChI=1S/C16H8F8N2O5/c17-13(15(19,20)21,9-5-1-3-7-11(9)25(27)28)31-14(18,16(22,23)24)10-6-2-4-8-12(10)26(29)30/h1-8H. The zero-order chi connectivity index (χ0) is 23.8. The lowest BCUT2D eigenvalue weighted by Gasteiger charge is -2.36. The van der Waals surface area contributed by atoms with Gasteiger partial charge in [0.25, 0.3) is 11.4 Å². The molecule has 0 spiro atoms. The molecule has 0 amide bonds. The number of benzene rings is 2. The minimum atomic E-state index is -6.48. The van der Waals surface area contributed by atoms with E-state index in [0.717, 1.165) is 12.1 Å². The van der Waals surface area contributed by atoms with Crippen molar-refractivity contribution in [2.75, 3.05) is 0 Å². The van der Waals surface area contributed by atoms with Crippen LogP contribution in [0.2, 0.25) is 0 Å². The fourth-order valence-corrected chi connectivity index (χ4v) is 2.53. The minimum absolute atomic E-state index is 0.0713. The van der Waals surface area contributed by atoms with Gasteiger partial charge in [0.05, 0.1) is 9.85 Å². The van der Waals surface area contributed by atoms with E-state index in [1.165, 1.54) is 0 Å². The van der Waals surface area contributed by atoms with Crippen molar-refractivity contribution < 1.29 is 49.7 Å². The zero-order valence-electron chi connectivity index (χ0n) is 14.6. The summed E-state index contributed by atoms with van der Waals surface area (Å²) in [7, 11) is 0. The van der Waals surface area contributed by atoms with Crippen LogP contribution in [0.4, 0.5) is 46.5 Å². The van der Waals surface area contributed by atoms with Gasteiger partial charge in [0.1, 0.15) is 11.1 Å². The van der Waals surface area contributed by atoms with Crippen LogP contribution >= 0.6 is 0 Å². The number of hydrogen-bond acceptors (Lipinski definition) is 5. The van der Waals surface area contributed by atoms with Gasteiger partial charge in [-0.3, -0.25) is 25.0 Å². The van der Waals surface area contributed by atoms with E-state index in [1.54, 1.807) is 0 Å². The summed E-state index contributed by atoms with van der Waals surface area (Å²) in [6, 6.07) is 3.52. The third kappa shape index (κ3) is 4.12. The Balaban J connectivity index is 2.86. The van der Waals surface area contributed by atoms with Crippen LogP contribution < -0.4 is 0 Å². The first kappa shape index (κ1) is 23.9. The summed E-state index contributed by atoms with van der Waals surface area (Å²) >= 11 is 0. The molecule has 168 valence electrons. The van der Waals surface area contributed by atoms with E-state index in [9.17, 15) is 46.6 Å². The molecule has 0 heterocycles. The fraction of sp³-hybridized carbons (Fsp3) is 0.250. The first-order valence-electron chi connectivity index (χ1n) is 7.75. The third-order valence-electron chi connectivity index (χ3n) is 3.90. The Hall–Kier alpha value is -3.36. The zero-order valence-corrected chi connectivity index (χ0v) is 14.6. The van der Waals surface area contributed by atoms with E-state index in [-0.39, 0.29) is 12.1 Å². The van der Waals surface area contributed by atoms with Crippen LogP contribution in [0.15, 0.2) is 48.5 Å². The quantitative estimate of drug-likeness (QED) is 0.318. The Morgan fingerprint density at radius 1 is 0.613 bits per heavy atom. The summed E-state index contributed by atoms with van der Waals surface area (Å²) in [5.74, 6) is -11.5. The molecule has 0 saturated heterocycles. The molecule has 2 aromatic rings. The summed E-state index contributed by atoms with van der Waals surface area (Å²) in [5.41, 5.74) is -7.54. The summed E-state index contributed by atoms with van der Waals surface area (Å²) in [6.45, 7) is 0. The number of ether oxygens (including phenoxy) is 1. The van der Waals surface area contributed by atoms with Gasteiger partial charge in [0.2, 0.25) is 0 Å². The largest absolute Gasteiger partial charge is 0.453 e. The topological polar surface area (TPSA) is 95.5 Å². The van der Waals surface area contributed by atoms with Gasteiger partial charge in [-0.15, -0.1) is 0 Å². The van der Waals surface area contributed by atoms with Gasteiger partial charge in [0.15, 0.2) is 0 Å². The molecule has 7 nitrogen and oxygen atoms in total. The number of nitro benzene ring substituents is 2. The Bertz CT molecular complexity index is 932. The van der Waals surface area contributed by atoms with E-state index in [4.69, 9.17) is 0 Å². The molecule has 0 bridgehead atoms. The van der Waals surface area contributed by atoms with Crippen LogP contribution in [0.5, 0.6) is 0 Å². The van der Waals surface area contributed by atoms with E-state index in [2.05, 4.69) is 4.74 Å². The predicted octanol–water partition coefficient (Wildman–Crippen LogP) is 5.59. The van der Waals surface area contributed by atoms with Crippen LogP contribution in [0.1, 0.15) is 11.1 Å². The lowest BCUT2D eigenvalue weighted by molar-refractivity contribution is -0.455. The molecular formula is C16H8F8N2O5. The molecule has 0 N–H and O–H groups in total. The number of hydrogen-bond donors (Lipinski definition) is 0. The Kier molecular flexibility index (Phi) is 5.95. The van der Waals surface area contributed by atoms with Crippen molar-refractivity contribution in [2.24, 2.45) is 0 Å². The van der Waals surface area contributed by atoms with Crippen molar-refractivity contribution in [1.29, 1.82) is 0 Å². The molecule has 0 aliphatic carbocycles. The monoisotopic (exact) mass is 460 g/mol. The van der Waals surface area contributed by atoms with Crippen molar-refractivity contribution in [3.63, 3.8) is 0 Å². The molecule has 2 unspecified atom stereocenters. The maximum Gasteiger partial charge on any atom is 0.453 e. The molecule has 15 heteroatoms. The normalized spacial score (nSPS) is 16.3. The molecular weight excluding hydrogens is 452 g/mol. The molecule has 2 atom stereocenters. The van der Waals surface area contributed by atoms with Crippen LogP contribution in [-0.4, -0.2) is 22.2 Å². The summed E-state index contributed by atoms with van der Waals surface area (Å²) in [4.78, 5) is 18.8. The van der Waals surface area contributed by atoms with E-state index in [1.807, 2.05) is 0 Å². The highest BCUT2D eigenvalue weighted by Gasteiger charge is 2.72. The Morgan fingerprint density at radius 3 is 1.16 bits per heavy atom. The minimum Gasteiger partial charge on any atom is -0.286 e. The van der Waals surface area contributed by atoms with Crippen molar-refractivity contribution in [2.45, 2.75) is 24.1 Å². The molecule has 2 aromatic carbocycles. The van der Waals surface area contributed by atoms with Crippen LogP contribution in [0.3, 0.4) is 0 Å². The average molecular weight is 460 g/mol. The number of nitro groups is 2. The van der Waals surface area contributed by atoms with Crippen molar-refractivity contribution >= 4 is 11.4 Å². The summed E-state index contributed by atoms with van der Waals surface area (Å²) in [6.07, 6.45) is -13.0. The van der Waals surface area contributed by atoms with Gasteiger partial charge < -0.3 is 0 Å². The average Bonchev–Trinajstić information content (AvgIpc) is 2.65. The number of halogens is 8. The van der Waals surface area contributed by atoms with Crippen molar-refractivity contribution in [1.82, 2.24) is 0 Å². The van der Waals surface area contributed by atoms with Gasteiger partial charge in [-0.2, -0.15) is 35.1 Å². The van der Waals surface area contributed by atoms with E-state index < -0.39 is 56.4 Å². The molecule has 0 saturated carbocycles. The Morgan fingerprint density at radius 2 is 0.903 bits per heavy atom. The molecule has 0 radical (unpaired) electrons. The van der Waals surface area contributed by atoms with Crippen LogP contribution in [0, 0.1) is 20.2 Å². The molecule has 2 rings (SSSR count). The molecule has 0 aliphatic heterocycles. The number of alkyl halides is 8. The fourth-order valence-electron chi connectivity index (χ4n) is 2.53. The maximum absolute atomic E-state index is 15.1.